The van der Waals surface area contributed by atoms with Crippen LogP contribution in [0.4, 0.5) is 4.39 Å². The second-order valence-corrected chi connectivity index (χ2v) is 6.66. The summed E-state index contributed by atoms with van der Waals surface area (Å²) < 4.78 is 19.9. The number of rotatable bonds is 5. The summed E-state index contributed by atoms with van der Waals surface area (Å²) in [5, 5.41) is 0. The second kappa shape index (κ2) is 6.40. The highest BCUT2D eigenvalue weighted by Gasteiger charge is 2.40. The zero-order valence-corrected chi connectivity index (χ0v) is 14.5. The van der Waals surface area contributed by atoms with E-state index in [1.807, 2.05) is 20.2 Å². The number of likely N-dealkylation sites (N-methyl/N-ethyl adjacent to an activating group) is 1. The summed E-state index contributed by atoms with van der Waals surface area (Å²) in [5.41, 5.74) is 4.64. The minimum Gasteiger partial charge on any atom is -0.380 e. The number of ether oxygens (including phenoxy) is 1. The summed E-state index contributed by atoms with van der Waals surface area (Å²) in [7, 11) is 2.02. The predicted molar refractivity (Wildman–Crippen MR) is 93.4 cm³/mol. The van der Waals surface area contributed by atoms with Crippen molar-refractivity contribution in [2.45, 2.75) is 25.7 Å². The Morgan fingerprint density at radius 3 is 2.88 bits per heavy atom. The third-order valence-corrected chi connectivity index (χ3v) is 5.10. The van der Waals surface area contributed by atoms with Crippen LogP contribution in [0.3, 0.4) is 0 Å². The lowest BCUT2D eigenvalue weighted by Crippen LogP contribution is -2.38. The third-order valence-electron chi connectivity index (χ3n) is 5.10. The lowest BCUT2D eigenvalue weighted by Gasteiger charge is -2.32. The minimum atomic E-state index is -0.312. The second-order valence-electron chi connectivity index (χ2n) is 6.66. The van der Waals surface area contributed by atoms with Crippen molar-refractivity contribution >= 4 is 0 Å². The van der Waals surface area contributed by atoms with Gasteiger partial charge in [-0.2, -0.15) is 0 Å². The van der Waals surface area contributed by atoms with Crippen molar-refractivity contribution in [2.24, 2.45) is 0 Å². The topological polar surface area (TPSA) is 41.2 Å². The molecular weight excluding hydrogens is 305 g/mol. The lowest BCUT2D eigenvalue weighted by molar-refractivity contribution is 0.166. The molecule has 1 aliphatic rings. The molecular formula is C19H24FN3O. The standard InChI is InChI=1S/C19H24FN3O/c1-5-23(4)11-19(7-9-24-12-19)18-14(3)13(2)17(22-18)15-6-8-21-10-16(15)20/h5-6,8,10,22H,1,7,9,11-12H2,2-4H3. The number of hydrogen-bond acceptors (Lipinski definition) is 3. The quantitative estimate of drug-likeness (QED) is 0.912. The zero-order chi connectivity index (χ0) is 17.3. The molecule has 1 fully saturated rings. The Hall–Kier alpha value is -2.14. The number of H-pyrrole nitrogens is 1. The summed E-state index contributed by atoms with van der Waals surface area (Å²) in [6.07, 6.45) is 5.64. The van der Waals surface area contributed by atoms with Gasteiger partial charge in [-0.25, -0.2) is 4.39 Å². The Balaban J connectivity index is 2.10. The number of aromatic amines is 1. The van der Waals surface area contributed by atoms with Crippen molar-refractivity contribution in [3.8, 4) is 11.3 Å². The fraction of sp³-hybridized carbons (Fsp3) is 0.421. The molecule has 0 aromatic carbocycles. The number of nitrogens with zero attached hydrogens (tertiary/aromatic N) is 2. The van der Waals surface area contributed by atoms with E-state index in [0.29, 0.717) is 12.2 Å². The van der Waals surface area contributed by atoms with Gasteiger partial charge in [0.05, 0.1) is 23.9 Å². The van der Waals surface area contributed by atoms with Crippen molar-refractivity contribution in [3.63, 3.8) is 0 Å². The van der Waals surface area contributed by atoms with Gasteiger partial charge in [-0.1, -0.05) is 6.58 Å². The fourth-order valence-corrected chi connectivity index (χ4v) is 3.62. The van der Waals surface area contributed by atoms with E-state index in [4.69, 9.17) is 4.74 Å². The smallest absolute Gasteiger partial charge is 0.150 e. The van der Waals surface area contributed by atoms with Crippen LogP contribution < -0.4 is 0 Å². The number of pyridine rings is 1. The first-order valence-corrected chi connectivity index (χ1v) is 8.18. The van der Waals surface area contributed by atoms with Crippen molar-refractivity contribution in [1.82, 2.24) is 14.9 Å². The van der Waals surface area contributed by atoms with Gasteiger partial charge in [0.1, 0.15) is 0 Å². The summed E-state index contributed by atoms with van der Waals surface area (Å²) >= 11 is 0. The number of hydrogen-bond donors (Lipinski definition) is 1. The first-order valence-electron chi connectivity index (χ1n) is 8.18. The number of halogens is 1. The molecule has 4 nitrogen and oxygen atoms in total. The molecule has 1 unspecified atom stereocenters. The van der Waals surface area contributed by atoms with E-state index in [2.05, 4.69) is 28.4 Å². The van der Waals surface area contributed by atoms with Crippen molar-refractivity contribution in [1.29, 1.82) is 0 Å². The summed E-state index contributed by atoms with van der Waals surface area (Å²) in [5.74, 6) is -0.312. The van der Waals surface area contributed by atoms with Gasteiger partial charge in [-0.15, -0.1) is 0 Å². The Labute approximate surface area is 142 Å². The Bertz CT molecular complexity index is 747. The van der Waals surface area contributed by atoms with Gasteiger partial charge in [0.2, 0.25) is 0 Å². The molecule has 1 atom stereocenters. The largest absolute Gasteiger partial charge is 0.380 e. The third kappa shape index (κ3) is 2.73. The molecule has 1 aliphatic heterocycles. The molecule has 0 spiro atoms. The monoisotopic (exact) mass is 329 g/mol. The van der Waals surface area contributed by atoms with Gasteiger partial charge >= 0.3 is 0 Å². The van der Waals surface area contributed by atoms with Crippen LogP contribution in [-0.4, -0.2) is 41.7 Å². The van der Waals surface area contributed by atoms with E-state index < -0.39 is 0 Å². The van der Waals surface area contributed by atoms with E-state index >= 15 is 0 Å². The molecule has 0 radical (unpaired) electrons. The molecule has 128 valence electrons. The SMILES string of the molecule is C=CN(C)CC1(c2[nH]c(-c3ccncc3F)c(C)c2C)CCOC1. The number of nitrogens with one attached hydrogen (secondary N) is 1. The first kappa shape index (κ1) is 16.7. The van der Waals surface area contributed by atoms with E-state index in [9.17, 15) is 4.39 Å². The highest BCUT2D eigenvalue weighted by atomic mass is 19.1. The van der Waals surface area contributed by atoms with Crippen molar-refractivity contribution in [3.05, 3.63) is 53.9 Å². The average Bonchev–Trinajstić information content (AvgIpc) is 3.15. The van der Waals surface area contributed by atoms with Gasteiger partial charge in [-0.05, 0) is 43.7 Å². The first-order chi connectivity index (χ1) is 11.5. The Morgan fingerprint density at radius 1 is 1.46 bits per heavy atom. The molecule has 5 heteroatoms. The summed E-state index contributed by atoms with van der Waals surface area (Å²) in [6.45, 7) is 10.2. The highest BCUT2D eigenvalue weighted by molar-refractivity contribution is 5.67. The van der Waals surface area contributed by atoms with Crippen molar-refractivity contribution in [2.75, 3.05) is 26.8 Å². The van der Waals surface area contributed by atoms with Crippen LogP contribution in [0.5, 0.6) is 0 Å². The summed E-state index contributed by atoms with van der Waals surface area (Å²) in [4.78, 5) is 9.43. The molecule has 0 saturated carbocycles. The van der Waals surface area contributed by atoms with E-state index in [0.717, 1.165) is 36.5 Å². The molecule has 0 aliphatic carbocycles. The van der Waals surface area contributed by atoms with Gasteiger partial charge in [0.15, 0.2) is 5.82 Å². The normalized spacial score (nSPS) is 20.3. The molecule has 1 saturated heterocycles. The fourth-order valence-electron chi connectivity index (χ4n) is 3.62. The molecule has 3 rings (SSSR count). The molecule has 0 amide bonds. The maximum atomic E-state index is 14.2. The average molecular weight is 329 g/mol. The van der Waals surface area contributed by atoms with Crippen LogP contribution in [0.2, 0.25) is 0 Å². The highest BCUT2D eigenvalue weighted by Crippen LogP contribution is 2.39. The molecule has 2 aromatic rings. The van der Waals surface area contributed by atoms with Crippen LogP contribution in [-0.2, 0) is 10.2 Å². The van der Waals surface area contributed by atoms with E-state index in [1.165, 1.54) is 11.8 Å². The maximum absolute atomic E-state index is 14.2. The molecule has 3 heterocycles. The van der Waals surface area contributed by atoms with Gasteiger partial charge in [0.25, 0.3) is 0 Å². The lowest BCUT2D eigenvalue weighted by atomic mass is 9.81. The molecule has 24 heavy (non-hydrogen) atoms. The van der Waals surface area contributed by atoms with E-state index in [1.54, 1.807) is 12.3 Å². The maximum Gasteiger partial charge on any atom is 0.150 e. The van der Waals surface area contributed by atoms with Gasteiger partial charge in [0, 0.05) is 37.7 Å². The van der Waals surface area contributed by atoms with Crippen LogP contribution in [0.15, 0.2) is 31.2 Å². The molecule has 0 bridgehead atoms. The Morgan fingerprint density at radius 2 is 2.25 bits per heavy atom. The van der Waals surface area contributed by atoms with Crippen LogP contribution >= 0.6 is 0 Å². The Kier molecular flexibility index (Phi) is 4.45. The minimum absolute atomic E-state index is 0.125. The predicted octanol–water partition coefficient (Wildman–Crippen LogP) is 3.57. The van der Waals surface area contributed by atoms with Crippen LogP contribution in [0.1, 0.15) is 23.2 Å². The van der Waals surface area contributed by atoms with Gasteiger partial charge in [-0.3, -0.25) is 4.98 Å². The number of aromatic nitrogens is 2. The zero-order valence-electron chi connectivity index (χ0n) is 14.5. The molecule has 2 aromatic heterocycles. The van der Waals surface area contributed by atoms with Crippen LogP contribution in [0, 0.1) is 19.7 Å². The molecule has 1 N–H and O–H groups in total. The summed E-state index contributed by atoms with van der Waals surface area (Å²) in [6, 6.07) is 1.71. The van der Waals surface area contributed by atoms with E-state index in [-0.39, 0.29) is 11.2 Å². The van der Waals surface area contributed by atoms with Gasteiger partial charge < -0.3 is 14.6 Å². The van der Waals surface area contributed by atoms with Crippen LogP contribution in [0.25, 0.3) is 11.3 Å². The van der Waals surface area contributed by atoms with Crippen molar-refractivity contribution < 1.29 is 9.13 Å².